The largest absolute Gasteiger partial charge is 0.366 e. The molecule has 0 aliphatic carbocycles. The Morgan fingerprint density at radius 2 is 1.81 bits per heavy atom. The third-order valence-electron chi connectivity index (χ3n) is 4.77. The van der Waals surface area contributed by atoms with Crippen molar-refractivity contribution in [2.45, 2.75) is 12.8 Å². The molecular weight excluding hydrogens is 346 g/mol. The first kappa shape index (κ1) is 17.0. The number of carbonyl (C=O) groups is 2. The molecule has 1 aromatic carbocycles. The van der Waals surface area contributed by atoms with Crippen molar-refractivity contribution in [3.05, 3.63) is 48.3 Å². The van der Waals surface area contributed by atoms with E-state index in [-0.39, 0.29) is 11.8 Å². The molecule has 4 rings (SSSR count). The highest BCUT2D eigenvalue weighted by molar-refractivity contribution is 5.95. The lowest BCUT2D eigenvalue weighted by molar-refractivity contribution is -0.120. The van der Waals surface area contributed by atoms with Gasteiger partial charge in [-0.3, -0.25) is 9.59 Å². The third-order valence-corrected chi connectivity index (χ3v) is 4.77. The molecule has 138 valence electrons. The monoisotopic (exact) mass is 365 g/mol. The number of amides is 2. The molecule has 9 nitrogen and oxygen atoms in total. The van der Waals surface area contributed by atoms with E-state index in [4.69, 9.17) is 5.73 Å². The van der Waals surface area contributed by atoms with Crippen LogP contribution in [0.2, 0.25) is 0 Å². The van der Waals surface area contributed by atoms with Gasteiger partial charge in [-0.25, -0.2) is 0 Å². The van der Waals surface area contributed by atoms with Gasteiger partial charge in [-0.05, 0) is 49.2 Å². The summed E-state index contributed by atoms with van der Waals surface area (Å²) in [6.07, 6.45) is 3.06. The van der Waals surface area contributed by atoms with E-state index in [2.05, 4.69) is 25.5 Å². The van der Waals surface area contributed by atoms with Crippen molar-refractivity contribution in [3.63, 3.8) is 0 Å². The Hall–Kier alpha value is -3.49. The summed E-state index contributed by atoms with van der Waals surface area (Å²) in [4.78, 5) is 25.8. The molecule has 9 heteroatoms. The minimum atomic E-state index is -0.487. The summed E-state index contributed by atoms with van der Waals surface area (Å²) in [6, 6.07) is 10.4. The van der Waals surface area contributed by atoms with Crippen molar-refractivity contribution in [1.29, 1.82) is 0 Å². The molecule has 0 bridgehead atoms. The van der Waals surface area contributed by atoms with E-state index in [1.54, 1.807) is 35.1 Å². The highest BCUT2D eigenvalue weighted by atomic mass is 16.2. The number of hydrogen-bond donors (Lipinski definition) is 2. The highest BCUT2D eigenvalue weighted by Gasteiger charge is 2.26. The predicted octanol–water partition coefficient (Wildman–Crippen LogP) is 1.08. The lowest BCUT2D eigenvalue weighted by Crippen LogP contribution is -2.38. The predicted molar refractivity (Wildman–Crippen MR) is 99.3 cm³/mol. The number of nitrogens with two attached hydrogens (primary N) is 1. The van der Waals surface area contributed by atoms with Gasteiger partial charge in [0.1, 0.15) is 12.1 Å². The van der Waals surface area contributed by atoms with E-state index in [9.17, 15) is 9.59 Å². The smallest absolute Gasteiger partial charge is 0.248 e. The van der Waals surface area contributed by atoms with Gasteiger partial charge in [0.05, 0.1) is 0 Å². The Morgan fingerprint density at radius 1 is 1.07 bits per heavy atom. The van der Waals surface area contributed by atoms with Gasteiger partial charge in [-0.1, -0.05) is 0 Å². The number of piperidine rings is 1. The van der Waals surface area contributed by atoms with Crippen molar-refractivity contribution in [2.24, 2.45) is 11.7 Å². The topological polar surface area (TPSA) is 119 Å². The second-order valence-corrected chi connectivity index (χ2v) is 6.52. The average Bonchev–Trinajstić information content (AvgIpc) is 3.16. The highest BCUT2D eigenvalue weighted by Crippen LogP contribution is 2.23. The van der Waals surface area contributed by atoms with E-state index < -0.39 is 5.91 Å². The molecule has 1 aliphatic heterocycles. The van der Waals surface area contributed by atoms with Crippen LogP contribution in [0.15, 0.2) is 42.7 Å². The van der Waals surface area contributed by atoms with Crippen LogP contribution in [0.4, 0.5) is 11.5 Å². The maximum absolute atomic E-state index is 12.5. The van der Waals surface area contributed by atoms with Crippen molar-refractivity contribution < 1.29 is 9.59 Å². The zero-order chi connectivity index (χ0) is 18.8. The zero-order valence-electron chi connectivity index (χ0n) is 14.6. The van der Waals surface area contributed by atoms with Gasteiger partial charge in [0.25, 0.3) is 0 Å². The summed E-state index contributed by atoms with van der Waals surface area (Å²) in [5, 5.41) is 15.2. The summed E-state index contributed by atoms with van der Waals surface area (Å²) < 4.78 is 1.64. The summed E-state index contributed by atoms with van der Waals surface area (Å²) in [6.45, 7) is 1.50. The molecule has 0 atom stereocenters. The number of nitrogens with one attached hydrogen (secondary N) is 1. The Labute approximate surface area is 155 Å². The molecule has 3 aromatic rings. The molecule has 3 N–H and O–H groups in total. The number of fused-ring (bicyclic) bond motifs is 1. The second-order valence-electron chi connectivity index (χ2n) is 6.52. The fraction of sp³-hybridized carbons (Fsp3) is 0.278. The molecule has 27 heavy (non-hydrogen) atoms. The first-order chi connectivity index (χ1) is 13.1. The fourth-order valence-electron chi connectivity index (χ4n) is 3.22. The van der Waals surface area contributed by atoms with E-state index in [1.807, 2.05) is 12.1 Å². The standard InChI is InChI=1S/C18H19N7O2/c19-17(26)12-1-3-14(4-2-12)21-18(27)13-7-9-24(10-8-13)16-6-5-15-22-20-11-25(15)23-16/h1-6,11,13H,7-10H2,(H2,19,26)(H,21,27). The van der Waals surface area contributed by atoms with E-state index >= 15 is 0 Å². The van der Waals surface area contributed by atoms with Crippen LogP contribution >= 0.6 is 0 Å². The minimum absolute atomic E-state index is 0.0105. The lowest BCUT2D eigenvalue weighted by Gasteiger charge is -2.32. The van der Waals surface area contributed by atoms with Crippen molar-refractivity contribution in [2.75, 3.05) is 23.3 Å². The molecule has 2 aromatic heterocycles. The molecule has 0 unspecified atom stereocenters. The number of hydrogen-bond acceptors (Lipinski definition) is 6. The minimum Gasteiger partial charge on any atom is -0.366 e. The third kappa shape index (κ3) is 3.57. The summed E-state index contributed by atoms with van der Waals surface area (Å²) >= 11 is 0. The number of nitrogens with zero attached hydrogens (tertiary/aromatic N) is 5. The van der Waals surface area contributed by atoms with Crippen molar-refractivity contribution in [1.82, 2.24) is 19.8 Å². The fourth-order valence-corrected chi connectivity index (χ4v) is 3.22. The maximum Gasteiger partial charge on any atom is 0.248 e. The van der Waals surface area contributed by atoms with Gasteiger partial charge in [-0.15, -0.1) is 15.3 Å². The number of benzene rings is 1. The molecule has 0 spiro atoms. The SMILES string of the molecule is NC(=O)c1ccc(NC(=O)C2CCN(c3ccc4nncn4n3)CC2)cc1. The van der Waals surface area contributed by atoms with E-state index in [0.717, 1.165) is 31.7 Å². The molecule has 1 saturated heterocycles. The van der Waals surface area contributed by atoms with Crippen molar-refractivity contribution >= 4 is 29.0 Å². The Balaban J connectivity index is 1.35. The van der Waals surface area contributed by atoms with Crippen LogP contribution in [0.5, 0.6) is 0 Å². The van der Waals surface area contributed by atoms with Gasteiger partial charge in [-0.2, -0.15) is 4.52 Å². The summed E-state index contributed by atoms with van der Waals surface area (Å²) in [5.41, 5.74) is 7.00. The van der Waals surface area contributed by atoms with Gasteiger partial charge in [0, 0.05) is 30.3 Å². The molecular formula is C18H19N7O2. The number of aromatic nitrogens is 4. The summed E-state index contributed by atoms with van der Waals surface area (Å²) in [5.74, 6) is 0.293. The van der Waals surface area contributed by atoms with Crippen LogP contribution in [0.25, 0.3) is 5.65 Å². The molecule has 0 saturated carbocycles. The van der Waals surface area contributed by atoms with Gasteiger partial charge in [0.2, 0.25) is 11.8 Å². The van der Waals surface area contributed by atoms with Crippen LogP contribution in [0.1, 0.15) is 23.2 Å². The molecule has 1 aliphatic rings. The normalized spacial score (nSPS) is 15.0. The zero-order valence-corrected chi connectivity index (χ0v) is 14.6. The number of carbonyl (C=O) groups excluding carboxylic acids is 2. The van der Waals surface area contributed by atoms with Crippen molar-refractivity contribution in [3.8, 4) is 0 Å². The molecule has 1 fully saturated rings. The van der Waals surface area contributed by atoms with E-state index in [0.29, 0.717) is 16.9 Å². The first-order valence-corrected chi connectivity index (χ1v) is 8.73. The quantitative estimate of drug-likeness (QED) is 0.714. The Bertz CT molecular complexity index is 975. The molecule has 3 heterocycles. The Morgan fingerprint density at radius 3 is 2.52 bits per heavy atom. The van der Waals surface area contributed by atoms with E-state index in [1.165, 1.54) is 0 Å². The lowest BCUT2D eigenvalue weighted by atomic mass is 9.95. The van der Waals surface area contributed by atoms with Gasteiger partial charge in [0.15, 0.2) is 5.65 Å². The number of primary amides is 1. The van der Waals surface area contributed by atoms with Crippen LogP contribution < -0.4 is 16.0 Å². The van der Waals surface area contributed by atoms with Crippen LogP contribution in [0, 0.1) is 5.92 Å². The second kappa shape index (κ2) is 7.02. The summed E-state index contributed by atoms with van der Waals surface area (Å²) in [7, 11) is 0. The first-order valence-electron chi connectivity index (χ1n) is 8.73. The number of rotatable bonds is 4. The number of anilines is 2. The molecule has 0 radical (unpaired) electrons. The van der Waals surface area contributed by atoms with Crippen LogP contribution in [0.3, 0.4) is 0 Å². The molecule has 2 amide bonds. The Kier molecular flexibility index (Phi) is 4.41. The van der Waals surface area contributed by atoms with Crippen LogP contribution in [-0.2, 0) is 4.79 Å². The average molecular weight is 365 g/mol. The maximum atomic E-state index is 12.5. The van der Waals surface area contributed by atoms with Gasteiger partial charge >= 0.3 is 0 Å². The van der Waals surface area contributed by atoms with Gasteiger partial charge < -0.3 is 16.0 Å². The van der Waals surface area contributed by atoms with Crippen LogP contribution in [-0.4, -0.2) is 44.7 Å².